The molecular weight excluding hydrogens is 446 g/mol. The lowest BCUT2D eigenvalue weighted by molar-refractivity contribution is 0.230. The molecule has 0 radical (unpaired) electrons. The van der Waals surface area contributed by atoms with E-state index in [0.29, 0.717) is 11.8 Å². The second-order valence-corrected chi connectivity index (χ2v) is 10.8. The maximum absolute atomic E-state index is 5.81. The molecule has 0 bridgehead atoms. The van der Waals surface area contributed by atoms with E-state index in [2.05, 4.69) is 82.9 Å². The number of rotatable bonds is 11. The lowest BCUT2D eigenvalue weighted by Gasteiger charge is -2.28. The Bertz CT molecular complexity index is 950. The summed E-state index contributed by atoms with van der Waals surface area (Å²) in [5.41, 5.74) is 6.76. The summed E-state index contributed by atoms with van der Waals surface area (Å²) in [5.74, 6) is 2.02. The van der Waals surface area contributed by atoms with Crippen LogP contribution in [-0.4, -0.2) is 75.8 Å². The predicted octanol–water partition coefficient (Wildman–Crippen LogP) is 4.23. The fourth-order valence-electron chi connectivity index (χ4n) is 5.26. The highest BCUT2D eigenvalue weighted by molar-refractivity contribution is 5.54. The zero-order chi connectivity index (χ0) is 25.3. The van der Waals surface area contributed by atoms with Gasteiger partial charge in [0.15, 0.2) is 0 Å². The van der Waals surface area contributed by atoms with Crippen LogP contribution >= 0.6 is 0 Å². The number of piperazine rings is 2. The average molecular weight is 494 g/mol. The van der Waals surface area contributed by atoms with Crippen LogP contribution in [0, 0.1) is 0 Å². The molecule has 0 aromatic heterocycles. The number of hydrogen-bond donors (Lipinski definition) is 3. The van der Waals surface area contributed by atoms with E-state index in [4.69, 9.17) is 4.74 Å². The third kappa shape index (κ3) is 7.45. The number of nitrogens with zero attached hydrogens (tertiary/aromatic N) is 2. The highest BCUT2D eigenvalue weighted by atomic mass is 16.5. The first kappa shape index (κ1) is 26.9. The lowest BCUT2D eigenvalue weighted by atomic mass is 9.95. The Hall–Kier alpha value is -2.12. The molecule has 0 amide bonds. The Balaban J connectivity index is 1.37. The van der Waals surface area contributed by atoms with Gasteiger partial charge >= 0.3 is 0 Å². The van der Waals surface area contributed by atoms with Gasteiger partial charge in [0.2, 0.25) is 0 Å². The number of ether oxygens (including phenoxy) is 1. The van der Waals surface area contributed by atoms with Gasteiger partial charge in [0.25, 0.3) is 0 Å². The SMILES string of the molecule is COc1cc(C(C)CCNc2cc(C(C)C)ccc2CN2CCNCC2)ccc1CN1CCNCC1. The first-order valence-electron chi connectivity index (χ1n) is 13.9. The monoisotopic (exact) mass is 493 g/mol. The quantitative estimate of drug-likeness (QED) is 0.436. The summed E-state index contributed by atoms with van der Waals surface area (Å²) >= 11 is 0. The Labute approximate surface area is 218 Å². The van der Waals surface area contributed by atoms with E-state index in [0.717, 1.165) is 84.2 Å². The topological polar surface area (TPSA) is 51.8 Å². The molecule has 0 aliphatic carbocycles. The molecule has 1 unspecified atom stereocenters. The number of hydrogen-bond acceptors (Lipinski definition) is 6. The molecule has 1 atom stereocenters. The molecule has 3 N–H and O–H groups in total. The Morgan fingerprint density at radius 2 is 1.39 bits per heavy atom. The van der Waals surface area contributed by atoms with Gasteiger partial charge in [-0.05, 0) is 47.1 Å². The normalized spacial score (nSPS) is 18.4. The van der Waals surface area contributed by atoms with Crippen LogP contribution in [0.3, 0.4) is 0 Å². The minimum absolute atomic E-state index is 0.463. The van der Waals surface area contributed by atoms with Gasteiger partial charge in [-0.1, -0.05) is 45.0 Å². The van der Waals surface area contributed by atoms with E-state index >= 15 is 0 Å². The molecule has 4 rings (SSSR count). The van der Waals surface area contributed by atoms with Crippen molar-refractivity contribution in [1.29, 1.82) is 0 Å². The van der Waals surface area contributed by atoms with Crippen molar-refractivity contribution in [2.45, 2.75) is 52.1 Å². The van der Waals surface area contributed by atoms with Gasteiger partial charge in [-0.3, -0.25) is 9.80 Å². The zero-order valence-corrected chi connectivity index (χ0v) is 22.9. The van der Waals surface area contributed by atoms with Crippen molar-refractivity contribution in [2.24, 2.45) is 0 Å². The Morgan fingerprint density at radius 3 is 2.00 bits per heavy atom. The van der Waals surface area contributed by atoms with Gasteiger partial charge in [0, 0.05) is 83.2 Å². The Morgan fingerprint density at radius 1 is 0.806 bits per heavy atom. The van der Waals surface area contributed by atoms with Crippen molar-refractivity contribution in [1.82, 2.24) is 20.4 Å². The predicted molar refractivity (Wildman–Crippen MR) is 151 cm³/mol. The number of nitrogens with one attached hydrogen (secondary N) is 3. The average Bonchev–Trinajstić information content (AvgIpc) is 2.90. The van der Waals surface area contributed by atoms with Gasteiger partial charge in [0.05, 0.1) is 7.11 Å². The van der Waals surface area contributed by atoms with E-state index < -0.39 is 0 Å². The van der Waals surface area contributed by atoms with Gasteiger partial charge in [-0.2, -0.15) is 0 Å². The molecule has 0 saturated carbocycles. The summed E-state index contributed by atoms with van der Waals surface area (Å²) in [5, 5.41) is 10.7. The molecular formula is C30H47N5O. The maximum atomic E-state index is 5.81. The summed E-state index contributed by atoms with van der Waals surface area (Å²) in [6.07, 6.45) is 1.08. The zero-order valence-electron chi connectivity index (χ0n) is 22.9. The minimum atomic E-state index is 0.463. The van der Waals surface area contributed by atoms with Crippen LogP contribution in [0.1, 0.15) is 61.3 Å². The van der Waals surface area contributed by atoms with Crippen molar-refractivity contribution in [3.63, 3.8) is 0 Å². The molecule has 2 aliphatic rings. The van der Waals surface area contributed by atoms with E-state index in [1.807, 2.05) is 0 Å². The first-order valence-corrected chi connectivity index (χ1v) is 13.9. The third-order valence-corrected chi connectivity index (χ3v) is 7.78. The molecule has 36 heavy (non-hydrogen) atoms. The second-order valence-electron chi connectivity index (χ2n) is 10.8. The van der Waals surface area contributed by atoms with Gasteiger partial charge in [-0.15, -0.1) is 0 Å². The van der Waals surface area contributed by atoms with Crippen LogP contribution in [0.25, 0.3) is 0 Å². The standard InChI is InChI=1S/C30H47N5O/c1-23(2)25-5-7-27(21-34-15-11-31-12-16-34)29(19-25)33-10-9-24(3)26-6-8-28(30(20-26)36-4)22-35-17-13-32-14-18-35/h5-8,19-20,23-24,31-33H,9-18,21-22H2,1-4H3. The van der Waals surface area contributed by atoms with Crippen LogP contribution in [0.15, 0.2) is 36.4 Å². The van der Waals surface area contributed by atoms with Crippen molar-refractivity contribution in [2.75, 3.05) is 71.3 Å². The van der Waals surface area contributed by atoms with E-state index in [1.54, 1.807) is 7.11 Å². The van der Waals surface area contributed by atoms with Gasteiger partial charge in [0.1, 0.15) is 5.75 Å². The summed E-state index contributed by atoms with van der Waals surface area (Å²) < 4.78 is 5.81. The number of methoxy groups -OCH3 is 1. The van der Waals surface area contributed by atoms with E-state index in [-0.39, 0.29) is 0 Å². The summed E-state index contributed by atoms with van der Waals surface area (Å²) in [7, 11) is 1.80. The lowest BCUT2D eigenvalue weighted by Crippen LogP contribution is -2.43. The molecule has 2 saturated heterocycles. The molecule has 2 heterocycles. The molecule has 0 spiro atoms. The van der Waals surface area contributed by atoms with Crippen molar-refractivity contribution in [3.8, 4) is 5.75 Å². The summed E-state index contributed by atoms with van der Waals surface area (Å²) in [6.45, 7) is 18.6. The third-order valence-electron chi connectivity index (χ3n) is 7.78. The highest BCUT2D eigenvalue weighted by Crippen LogP contribution is 2.29. The largest absolute Gasteiger partial charge is 0.496 e. The fourth-order valence-corrected chi connectivity index (χ4v) is 5.26. The smallest absolute Gasteiger partial charge is 0.123 e. The second kappa shape index (κ2) is 13.4. The number of anilines is 1. The maximum Gasteiger partial charge on any atom is 0.123 e. The summed E-state index contributed by atoms with van der Waals surface area (Å²) in [4.78, 5) is 5.06. The fraction of sp³-hybridized carbons (Fsp3) is 0.600. The van der Waals surface area contributed by atoms with Crippen molar-refractivity contribution in [3.05, 3.63) is 58.7 Å². The van der Waals surface area contributed by atoms with Gasteiger partial charge < -0.3 is 20.7 Å². The molecule has 198 valence electrons. The summed E-state index contributed by atoms with van der Waals surface area (Å²) in [6, 6.07) is 13.9. The Kier molecular flexibility index (Phi) is 10.0. The van der Waals surface area contributed by atoms with Crippen LogP contribution in [0.2, 0.25) is 0 Å². The molecule has 2 aliphatic heterocycles. The van der Waals surface area contributed by atoms with E-state index in [9.17, 15) is 0 Å². The highest BCUT2D eigenvalue weighted by Gasteiger charge is 2.16. The van der Waals surface area contributed by atoms with Crippen LogP contribution in [-0.2, 0) is 13.1 Å². The molecule has 2 aromatic carbocycles. The first-order chi connectivity index (χ1) is 17.5. The van der Waals surface area contributed by atoms with Crippen LogP contribution in [0.4, 0.5) is 5.69 Å². The molecule has 2 aromatic rings. The van der Waals surface area contributed by atoms with Crippen LogP contribution < -0.4 is 20.7 Å². The molecule has 6 heteroatoms. The minimum Gasteiger partial charge on any atom is -0.496 e. The molecule has 6 nitrogen and oxygen atoms in total. The number of benzene rings is 2. The molecule has 2 fully saturated rings. The van der Waals surface area contributed by atoms with Gasteiger partial charge in [-0.25, -0.2) is 0 Å². The van der Waals surface area contributed by atoms with E-state index in [1.165, 1.54) is 27.9 Å². The van der Waals surface area contributed by atoms with Crippen molar-refractivity contribution >= 4 is 5.69 Å². The van der Waals surface area contributed by atoms with Crippen molar-refractivity contribution < 1.29 is 4.74 Å². The van der Waals surface area contributed by atoms with Crippen LogP contribution in [0.5, 0.6) is 5.75 Å².